The van der Waals surface area contributed by atoms with Gasteiger partial charge in [-0.15, -0.1) is 0 Å². The molecular formula is C21H21Cl2N5O3. The summed E-state index contributed by atoms with van der Waals surface area (Å²) in [7, 11) is 0. The monoisotopic (exact) mass is 461 g/mol. The van der Waals surface area contributed by atoms with Gasteiger partial charge in [0.2, 0.25) is 11.8 Å². The first kappa shape index (κ1) is 21.4. The zero-order chi connectivity index (χ0) is 22.3. The van der Waals surface area contributed by atoms with E-state index in [4.69, 9.17) is 28.9 Å². The third-order valence-electron chi connectivity index (χ3n) is 5.54. The van der Waals surface area contributed by atoms with Crippen LogP contribution in [-0.4, -0.2) is 49.7 Å². The smallest absolute Gasteiger partial charge is 0.248 e. The molecule has 2 aromatic heterocycles. The van der Waals surface area contributed by atoms with E-state index in [9.17, 15) is 14.7 Å². The van der Waals surface area contributed by atoms with Crippen molar-refractivity contribution in [3.05, 3.63) is 51.8 Å². The van der Waals surface area contributed by atoms with Gasteiger partial charge in [-0.25, -0.2) is 0 Å². The van der Waals surface area contributed by atoms with Crippen molar-refractivity contribution < 1.29 is 14.7 Å². The zero-order valence-corrected chi connectivity index (χ0v) is 18.1. The van der Waals surface area contributed by atoms with Gasteiger partial charge in [0.25, 0.3) is 0 Å². The lowest BCUT2D eigenvalue weighted by molar-refractivity contribution is -0.135. The second-order valence-corrected chi connectivity index (χ2v) is 8.24. The number of nitrogens with zero attached hydrogens (tertiary/aromatic N) is 3. The highest BCUT2D eigenvalue weighted by Crippen LogP contribution is 2.41. The first-order valence-corrected chi connectivity index (χ1v) is 10.5. The molecule has 162 valence electrons. The number of fused-ring (bicyclic) bond motifs is 3. The number of amides is 2. The highest BCUT2D eigenvalue weighted by molar-refractivity contribution is 6.45. The van der Waals surface area contributed by atoms with Crippen LogP contribution in [0.15, 0.2) is 30.5 Å². The van der Waals surface area contributed by atoms with Gasteiger partial charge in [0.15, 0.2) is 0 Å². The van der Waals surface area contributed by atoms with Crippen molar-refractivity contribution in [2.45, 2.75) is 25.9 Å². The molecule has 3 heterocycles. The molecule has 31 heavy (non-hydrogen) atoms. The van der Waals surface area contributed by atoms with Gasteiger partial charge in [0.05, 0.1) is 21.3 Å². The van der Waals surface area contributed by atoms with Crippen molar-refractivity contribution in [2.24, 2.45) is 5.73 Å². The van der Waals surface area contributed by atoms with E-state index in [1.807, 2.05) is 6.07 Å². The van der Waals surface area contributed by atoms with Crippen molar-refractivity contribution >= 4 is 45.9 Å². The fourth-order valence-electron chi connectivity index (χ4n) is 3.86. The van der Waals surface area contributed by atoms with Crippen LogP contribution in [0.5, 0.6) is 0 Å². The minimum Gasteiger partial charge on any atom is -0.387 e. The van der Waals surface area contributed by atoms with Gasteiger partial charge in [-0.3, -0.25) is 14.3 Å². The van der Waals surface area contributed by atoms with Gasteiger partial charge in [-0.1, -0.05) is 29.8 Å². The van der Waals surface area contributed by atoms with Crippen LogP contribution in [0.1, 0.15) is 17.7 Å². The molecule has 2 amide bonds. The molecule has 0 unspecified atom stereocenters. The number of halogens is 2. The van der Waals surface area contributed by atoms with Gasteiger partial charge < -0.3 is 20.7 Å². The number of aromatic amines is 1. The highest BCUT2D eigenvalue weighted by Gasteiger charge is 2.27. The van der Waals surface area contributed by atoms with E-state index in [-0.39, 0.29) is 5.91 Å². The predicted molar refractivity (Wildman–Crippen MR) is 119 cm³/mol. The van der Waals surface area contributed by atoms with E-state index >= 15 is 0 Å². The van der Waals surface area contributed by atoms with Gasteiger partial charge in [0, 0.05) is 60.0 Å². The Bertz CT molecular complexity index is 1210. The number of benzene rings is 1. The summed E-state index contributed by atoms with van der Waals surface area (Å²) >= 11 is 12.9. The molecule has 0 saturated carbocycles. The number of hydrogen-bond donors (Lipinski definition) is 3. The molecule has 4 rings (SSSR count). The molecule has 4 N–H and O–H groups in total. The first-order valence-electron chi connectivity index (χ1n) is 9.71. The third-order valence-corrected chi connectivity index (χ3v) is 6.33. The zero-order valence-electron chi connectivity index (χ0n) is 16.6. The van der Waals surface area contributed by atoms with Crippen molar-refractivity contribution in [1.29, 1.82) is 0 Å². The fraction of sp³-hybridized carbons (Fsp3) is 0.286. The van der Waals surface area contributed by atoms with Crippen LogP contribution in [-0.2, 0) is 29.1 Å². The standard InChI is InChI=1S/C21H21Cl2N5O3/c1-11(21(24)31)2-6-28-7-4-16(26-28)12-8-14(22)19(23)20-18(12)13-9-27(17(30)10-29)5-3-15(13)25-20/h4,7-8,25,29H,1-3,5-6,9-10H2,(H2,24,31). The first-order chi connectivity index (χ1) is 14.8. The summed E-state index contributed by atoms with van der Waals surface area (Å²) < 4.78 is 1.71. The Morgan fingerprint density at radius 1 is 1.35 bits per heavy atom. The van der Waals surface area contributed by atoms with Crippen LogP contribution >= 0.6 is 23.2 Å². The number of hydrogen-bond acceptors (Lipinski definition) is 4. The summed E-state index contributed by atoms with van der Waals surface area (Å²) in [5.74, 6) is -0.847. The largest absolute Gasteiger partial charge is 0.387 e. The maximum Gasteiger partial charge on any atom is 0.248 e. The second kappa shape index (κ2) is 8.37. The predicted octanol–water partition coefficient (Wildman–Crippen LogP) is 2.65. The normalized spacial score (nSPS) is 13.5. The number of rotatable bonds is 6. The number of H-pyrrole nitrogens is 1. The molecule has 1 aliphatic heterocycles. The number of primary amides is 1. The molecule has 1 aromatic carbocycles. The molecular weight excluding hydrogens is 441 g/mol. The Hall–Kier alpha value is -2.81. The fourth-order valence-corrected chi connectivity index (χ4v) is 4.26. The molecule has 0 atom stereocenters. The number of aryl methyl sites for hydroxylation is 1. The lowest BCUT2D eigenvalue weighted by atomic mass is 9.99. The van der Waals surface area contributed by atoms with E-state index in [2.05, 4.69) is 16.7 Å². The molecule has 0 radical (unpaired) electrons. The Morgan fingerprint density at radius 2 is 2.13 bits per heavy atom. The molecule has 0 saturated heterocycles. The van der Waals surface area contributed by atoms with Crippen molar-refractivity contribution in [2.75, 3.05) is 13.2 Å². The second-order valence-electron chi connectivity index (χ2n) is 7.46. The molecule has 1 aliphatic rings. The minimum absolute atomic E-state index is 0.319. The van der Waals surface area contributed by atoms with Gasteiger partial charge in [-0.2, -0.15) is 5.10 Å². The van der Waals surface area contributed by atoms with Crippen LogP contribution in [0.4, 0.5) is 0 Å². The van der Waals surface area contributed by atoms with E-state index in [0.717, 1.165) is 22.2 Å². The number of nitrogens with one attached hydrogen (secondary N) is 1. The molecule has 8 nitrogen and oxygen atoms in total. The van der Waals surface area contributed by atoms with Crippen molar-refractivity contribution in [3.63, 3.8) is 0 Å². The summed E-state index contributed by atoms with van der Waals surface area (Å²) in [5, 5.41) is 15.5. The lowest BCUT2D eigenvalue weighted by Gasteiger charge is -2.26. The Morgan fingerprint density at radius 3 is 2.84 bits per heavy atom. The average molecular weight is 462 g/mol. The van der Waals surface area contributed by atoms with Crippen molar-refractivity contribution in [1.82, 2.24) is 19.7 Å². The van der Waals surface area contributed by atoms with Crippen molar-refractivity contribution in [3.8, 4) is 11.3 Å². The average Bonchev–Trinajstić information content (AvgIpc) is 3.38. The summed E-state index contributed by atoms with van der Waals surface area (Å²) in [6, 6.07) is 3.62. The third kappa shape index (κ3) is 3.94. The molecule has 10 heteroatoms. The van der Waals surface area contributed by atoms with Crippen LogP contribution in [0.2, 0.25) is 10.0 Å². The lowest BCUT2D eigenvalue weighted by Crippen LogP contribution is -2.37. The van der Waals surface area contributed by atoms with E-state index in [1.165, 1.54) is 0 Å². The van der Waals surface area contributed by atoms with Crippen LogP contribution in [0, 0.1) is 0 Å². The molecule has 3 aromatic rings. The Balaban J connectivity index is 1.76. The van der Waals surface area contributed by atoms with Crippen LogP contribution in [0.3, 0.4) is 0 Å². The Labute approximate surface area is 188 Å². The highest BCUT2D eigenvalue weighted by atomic mass is 35.5. The maximum absolute atomic E-state index is 12.1. The molecule has 0 fully saturated rings. The summed E-state index contributed by atoms with van der Waals surface area (Å²) in [4.78, 5) is 28.2. The summed E-state index contributed by atoms with van der Waals surface area (Å²) in [5.41, 5.74) is 9.67. The quantitative estimate of drug-likeness (QED) is 0.489. The number of aliphatic hydroxyl groups is 1. The molecule has 0 aliphatic carbocycles. The van der Waals surface area contributed by atoms with Gasteiger partial charge in [0.1, 0.15) is 6.61 Å². The van der Waals surface area contributed by atoms with E-state index in [1.54, 1.807) is 21.8 Å². The van der Waals surface area contributed by atoms with E-state index < -0.39 is 12.5 Å². The van der Waals surface area contributed by atoms with Gasteiger partial charge >= 0.3 is 0 Å². The summed E-state index contributed by atoms with van der Waals surface area (Å²) in [6.07, 6.45) is 2.82. The minimum atomic E-state index is -0.530. The van der Waals surface area contributed by atoms with Crippen LogP contribution < -0.4 is 5.73 Å². The number of nitrogens with two attached hydrogens (primary N) is 1. The summed E-state index contributed by atoms with van der Waals surface area (Å²) in [6.45, 7) is 4.46. The molecule has 0 bridgehead atoms. The van der Waals surface area contributed by atoms with Gasteiger partial charge in [-0.05, 0) is 18.6 Å². The molecule has 0 spiro atoms. The topological polar surface area (TPSA) is 117 Å². The van der Waals surface area contributed by atoms with E-state index in [0.29, 0.717) is 59.3 Å². The SMILES string of the molecule is C=C(CCn1ccc(-c2cc(Cl)c(Cl)c3[nH]c4c(c23)CN(C(=O)CO)CC4)n1)C(N)=O. The Kier molecular flexibility index (Phi) is 5.79. The number of carbonyl (C=O) groups is 2. The van der Waals surface area contributed by atoms with Crippen LogP contribution in [0.25, 0.3) is 22.2 Å². The number of aromatic nitrogens is 3. The number of carbonyl (C=O) groups excluding carboxylic acids is 2. The maximum atomic E-state index is 12.1. The number of aliphatic hydroxyl groups excluding tert-OH is 1.